The van der Waals surface area contributed by atoms with Crippen molar-refractivity contribution in [2.24, 2.45) is 5.92 Å². The molecule has 3 heterocycles. The van der Waals surface area contributed by atoms with E-state index in [1.165, 1.54) is 24.1 Å². The number of halogens is 2. The highest BCUT2D eigenvalue weighted by molar-refractivity contribution is 7.13. The average Bonchev–Trinajstić information content (AvgIpc) is 3.49. The summed E-state index contributed by atoms with van der Waals surface area (Å²) in [5.74, 6) is -0.368. The fraction of sp³-hybridized carbons (Fsp3) is 0.440. The van der Waals surface area contributed by atoms with E-state index in [0.29, 0.717) is 25.2 Å². The smallest absolute Gasteiger partial charge is 0.137 e. The Kier molecular flexibility index (Phi) is 7.00. The van der Waals surface area contributed by atoms with Gasteiger partial charge in [-0.15, -0.1) is 0 Å². The molecule has 3 atom stereocenters. The number of rotatable bonds is 7. The summed E-state index contributed by atoms with van der Waals surface area (Å²) in [6, 6.07) is 9.92. The van der Waals surface area contributed by atoms with Gasteiger partial charge in [0.25, 0.3) is 0 Å². The Hall–Kier alpha value is -2.61. The van der Waals surface area contributed by atoms with Gasteiger partial charge >= 0.3 is 0 Å². The molecule has 2 aliphatic rings. The molecule has 7 nitrogen and oxygen atoms in total. The molecule has 0 amide bonds. The van der Waals surface area contributed by atoms with Crippen molar-refractivity contribution >= 4 is 15.1 Å². The Labute approximate surface area is 206 Å². The Morgan fingerprint density at radius 3 is 2.69 bits per heavy atom. The molecule has 0 saturated carbocycles. The fourth-order valence-corrected chi connectivity index (χ4v) is 5.20. The van der Waals surface area contributed by atoms with Crippen LogP contribution in [0.15, 0.2) is 49.1 Å². The molecule has 1 aromatic heterocycles. The van der Waals surface area contributed by atoms with E-state index >= 15 is 0 Å². The molecule has 3 aromatic rings. The van der Waals surface area contributed by atoms with Crippen molar-refractivity contribution in [3.8, 4) is 5.75 Å². The lowest BCUT2D eigenvalue weighted by Gasteiger charge is -2.34. The molecule has 0 aliphatic carbocycles. The van der Waals surface area contributed by atoms with Crippen molar-refractivity contribution < 1.29 is 18.3 Å². The molecule has 10 heteroatoms. The van der Waals surface area contributed by atoms with Crippen molar-refractivity contribution in [1.82, 2.24) is 19.4 Å². The molecule has 0 radical (unpaired) electrons. The molecule has 2 unspecified atom stereocenters. The highest BCUT2D eigenvalue weighted by Gasteiger charge is 2.44. The third-order valence-corrected chi connectivity index (χ3v) is 7.35. The third kappa shape index (κ3) is 5.32. The summed E-state index contributed by atoms with van der Waals surface area (Å²) >= 11 is 0. The summed E-state index contributed by atoms with van der Waals surface area (Å²) in [5.41, 5.74) is 1.63. The van der Waals surface area contributed by atoms with Crippen molar-refractivity contribution in [3.05, 3.63) is 71.8 Å². The summed E-state index contributed by atoms with van der Waals surface area (Å²) in [5, 5.41) is 4.17. The Bertz CT molecular complexity index is 1160. The number of nitrogens with zero attached hydrogens (tertiary/aromatic N) is 5. The van der Waals surface area contributed by atoms with Gasteiger partial charge in [-0.3, -0.25) is 4.67 Å². The predicted octanol–water partition coefficient (Wildman–Crippen LogP) is 3.79. The van der Waals surface area contributed by atoms with E-state index in [0.717, 1.165) is 43.6 Å². The van der Waals surface area contributed by atoms with Crippen LogP contribution in [0.5, 0.6) is 5.75 Å². The summed E-state index contributed by atoms with van der Waals surface area (Å²) in [6.45, 7) is 7.22. The number of aromatic nitrogens is 3. The first-order chi connectivity index (χ1) is 16.9. The number of ether oxygens (including phenoxy) is 2. The van der Waals surface area contributed by atoms with Crippen LogP contribution in [-0.2, 0) is 16.9 Å². The van der Waals surface area contributed by atoms with Gasteiger partial charge in [0, 0.05) is 49.4 Å². The third-order valence-electron chi connectivity index (χ3n) is 6.83. The van der Waals surface area contributed by atoms with E-state index in [-0.39, 0.29) is 12.5 Å². The van der Waals surface area contributed by atoms with Crippen molar-refractivity contribution in [3.63, 3.8) is 0 Å². The molecule has 0 N–H and O–H groups in total. The number of aryl methyl sites for hydroxylation is 1. The molecular formula is C25H30F2N5O2P. The highest BCUT2D eigenvalue weighted by atomic mass is 31.0. The lowest BCUT2D eigenvalue weighted by molar-refractivity contribution is -0.0206. The summed E-state index contributed by atoms with van der Waals surface area (Å²) in [4.78, 5) is 6.37. The van der Waals surface area contributed by atoms with Gasteiger partial charge in [0.2, 0.25) is 0 Å². The van der Waals surface area contributed by atoms with Crippen LogP contribution in [0.3, 0.4) is 0 Å². The minimum atomic E-state index is -0.974. The van der Waals surface area contributed by atoms with Crippen molar-refractivity contribution in [2.75, 3.05) is 44.3 Å². The lowest BCUT2D eigenvalue weighted by atomic mass is 9.87. The first-order valence-corrected chi connectivity index (χ1v) is 12.3. The largest absolute Gasteiger partial charge is 0.493 e. The van der Waals surface area contributed by atoms with Gasteiger partial charge in [-0.2, -0.15) is 5.10 Å². The van der Waals surface area contributed by atoms with Crippen LogP contribution in [0.2, 0.25) is 0 Å². The van der Waals surface area contributed by atoms with Gasteiger partial charge in [0.1, 0.15) is 35.6 Å². The Morgan fingerprint density at radius 2 is 1.97 bits per heavy atom. The summed E-state index contributed by atoms with van der Waals surface area (Å²) in [6.07, 6.45) is 3.52. The maximum Gasteiger partial charge on any atom is 0.137 e. The van der Waals surface area contributed by atoms with Gasteiger partial charge < -0.3 is 14.4 Å². The zero-order chi connectivity index (χ0) is 24.4. The van der Waals surface area contributed by atoms with Crippen molar-refractivity contribution in [1.29, 1.82) is 0 Å². The minimum Gasteiger partial charge on any atom is -0.493 e. The van der Waals surface area contributed by atoms with Gasteiger partial charge in [-0.25, -0.2) is 18.4 Å². The van der Waals surface area contributed by atoms with E-state index in [1.807, 2.05) is 6.07 Å². The van der Waals surface area contributed by atoms with E-state index in [2.05, 4.69) is 48.1 Å². The standard InChI is InChI=1S/C25H30F2N5O2P/c1-18-10-21(30-6-8-32(35)9-7-30)3-5-24(18)33-13-19-12-25(34-14-19,15-31-17-28-16-29-31)22-4-2-20(26)11-23(22)27/h2-5,10-11,16-17,19H,6-9,12-15,35H2,1H3/t19?,25-/m0/s1. The zero-order valence-electron chi connectivity index (χ0n) is 19.7. The summed E-state index contributed by atoms with van der Waals surface area (Å²) < 4.78 is 44.7. The Morgan fingerprint density at radius 1 is 1.14 bits per heavy atom. The topological polar surface area (TPSA) is 55.7 Å². The van der Waals surface area contributed by atoms with Gasteiger partial charge in [0.05, 0.1) is 19.8 Å². The number of anilines is 1. The first-order valence-electron chi connectivity index (χ1n) is 11.8. The lowest BCUT2D eigenvalue weighted by Crippen LogP contribution is -2.42. The molecule has 2 saturated heterocycles. The molecular weight excluding hydrogens is 471 g/mol. The van der Waals surface area contributed by atoms with Crippen LogP contribution in [0.1, 0.15) is 17.5 Å². The van der Waals surface area contributed by atoms with Crippen LogP contribution in [0.4, 0.5) is 14.5 Å². The number of piperazine rings is 1. The monoisotopic (exact) mass is 501 g/mol. The van der Waals surface area contributed by atoms with Crippen LogP contribution >= 0.6 is 9.39 Å². The maximum absolute atomic E-state index is 14.8. The second kappa shape index (κ2) is 10.2. The molecule has 0 bridgehead atoms. The number of hydrogen-bond acceptors (Lipinski definition) is 6. The molecule has 2 aromatic carbocycles. The van der Waals surface area contributed by atoms with E-state index in [4.69, 9.17) is 9.47 Å². The van der Waals surface area contributed by atoms with Gasteiger partial charge in [-0.1, -0.05) is 15.5 Å². The summed E-state index contributed by atoms with van der Waals surface area (Å²) in [7, 11) is 2.77. The van der Waals surface area contributed by atoms with Crippen LogP contribution in [0.25, 0.3) is 0 Å². The van der Waals surface area contributed by atoms with E-state index in [1.54, 1.807) is 11.0 Å². The normalized spacial score (nSPS) is 23.1. The SMILES string of the molecule is Cc1cc(N2CCN(P)CC2)ccc1OCC1CO[C@@](Cn2cncn2)(c2ccc(F)cc2F)C1. The highest BCUT2D eigenvalue weighted by Crippen LogP contribution is 2.42. The van der Waals surface area contributed by atoms with Gasteiger partial charge in [-0.05, 0) is 43.2 Å². The molecule has 186 valence electrons. The average molecular weight is 502 g/mol. The molecule has 2 fully saturated rings. The molecule has 35 heavy (non-hydrogen) atoms. The fourth-order valence-electron chi connectivity index (χ4n) is 4.97. The molecule has 5 rings (SSSR count). The predicted molar refractivity (Wildman–Crippen MR) is 132 cm³/mol. The Balaban J connectivity index is 1.27. The minimum absolute atomic E-state index is 0.0391. The zero-order valence-corrected chi connectivity index (χ0v) is 20.9. The number of benzene rings is 2. The quantitative estimate of drug-likeness (QED) is 0.460. The van der Waals surface area contributed by atoms with Crippen LogP contribution < -0.4 is 9.64 Å². The molecule has 2 aliphatic heterocycles. The molecule has 0 spiro atoms. The van der Waals surface area contributed by atoms with Crippen molar-refractivity contribution in [2.45, 2.75) is 25.5 Å². The first kappa shape index (κ1) is 24.1. The van der Waals surface area contributed by atoms with E-state index in [9.17, 15) is 8.78 Å². The van der Waals surface area contributed by atoms with E-state index < -0.39 is 17.2 Å². The number of hydrogen-bond donors (Lipinski definition) is 0. The second-order valence-corrected chi connectivity index (χ2v) is 10.1. The maximum atomic E-state index is 14.8. The second-order valence-electron chi connectivity index (χ2n) is 9.38. The van der Waals surface area contributed by atoms with Crippen LogP contribution in [-0.4, -0.2) is 58.8 Å². The van der Waals surface area contributed by atoms with Crippen LogP contribution in [0, 0.1) is 24.5 Å². The van der Waals surface area contributed by atoms with Gasteiger partial charge in [0.15, 0.2) is 0 Å².